The van der Waals surface area contributed by atoms with Crippen LogP contribution in [0.5, 0.6) is 0 Å². The lowest BCUT2D eigenvalue weighted by molar-refractivity contribution is -0.116. The number of hydrogen-bond donors (Lipinski definition) is 2. The van der Waals surface area contributed by atoms with Crippen molar-refractivity contribution < 1.29 is 4.79 Å². The number of aromatic amines is 1. The van der Waals surface area contributed by atoms with Crippen molar-refractivity contribution in [3.05, 3.63) is 34.9 Å². The van der Waals surface area contributed by atoms with Crippen LogP contribution in [0.2, 0.25) is 0 Å². The van der Waals surface area contributed by atoms with Crippen LogP contribution in [0, 0.1) is 5.92 Å². The van der Waals surface area contributed by atoms with Crippen LogP contribution < -0.4 is 10.9 Å². The van der Waals surface area contributed by atoms with Crippen LogP contribution in [0.3, 0.4) is 0 Å². The molecular weight excluding hydrogens is 242 g/mol. The van der Waals surface area contributed by atoms with E-state index >= 15 is 0 Å². The smallest absolute Gasteiger partial charge is 0.258 e. The average molecular weight is 259 g/mol. The molecule has 1 aromatic carbocycles. The second kappa shape index (κ2) is 5.65. The van der Waals surface area contributed by atoms with Gasteiger partial charge in [0.15, 0.2) is 0 Å². The van der Waals surface area contributed by atoms with E-state index in [4.69, 9.17) is 0 Å². The van der Waals surface area contributed by atoms with E-state index in [9.17, 15) is 9.59 Å². The molecule has 0 saturated carbocycles. The highest BCUT2D eigenvalue weighted by Crippen LogP contribution is 2.14. The van der Waals surface area contributed by atoms with Crippen LogP contribution in [0.1, 0.15) is 26.7 Å². The van der Waals surface area contributed by atoms with Gasteiger partial charge < -0.3 is 10.3 Å². The van der Waals surface area contributed by atoms with E-state index in [1.807, 2.05) is 0 Å². The van der Waals surface area contributed by atoms with Gasteiger partial charge in [-0.05, 0) is 30.5 Å². The van der Waals surface area contributed by atoms with E-state index < -0.39 is 0 Å². The van der Waals surface area contributed by atoms with Gasteiger partial charge in [0.05, 0.1) is 17.2 Å². The summed E-state index contributed by atoms with van der Waals surface area (Å²) >= 11 is 0. The van der Waals surface area contributed by atoms with Crippen LogP contribution >= 0.6 is 0 Å². The van der Waals surface area contributed by atoms with Crippen molar-refractivity contribution in [3.63, 3.8) is 0 Å². The Kier molecular flexibility index (Phi) is 3.94. The number of fused-ring (bicyclic) bond motifs is 1. The topological polar surface area (TPSA) is 74.8 Å². The summed E-state index contributed by atoms with van der Waals surface area (Å²) in [5.74, 6) is 0.461. The number of nitrogens with zero attached hydrogens (tertiary/aromatic N) is 1. The maximum atomic E-state index is 11.7. The molecule has 0 aliphatic rings. The molecule has 2 rings (SSSR count). The van der Waals surface area contributed by atoms with E-state index in [2.05, 4.69) is 29.1 Å². The molecule has 1 aromatic heterocycles. The number of hydrogen-bond acceptors (Lipinski definition) is 3. The highest BCUT2D eigenvalue weighted by Gasteiger charge is 2.06. The molecule has 0 fully saturated rings. The van der Waals surface area contributed by atoms with Gasteiger partial charge in [-0.3, -0.25) is 9.59 Å². The second-order valence-corrected chi connectivity index (χ2v) is 4.94. The Morgan fingerprint density at radius 1 is 1.42 bits per heavy atom. The Hall–Kier alpha value is -2.17. The summed E-state index contributed by atoms with van der Waals surface area (Å²) in [6.45, 7) is 4.16. The molecule has 2 aromatic rings. The first kappa shape index (κ1) is 13.3. The summed E-state index contributed by atoms with van der Waals surface area (Å²) in [4.78, 5) is 29.9. The molecule has 0 atom stereocenters. The monoisotopic (exact) mass is 259 g/mol. The van der Waals surface area contributed by atoms with Gasteiger partial charge in [0.1, 0.15) is 0 Å². The molecule has 0 unspecified atom stereocenters. The first-order valence-corrected chi connectivity index (χ1v) is 6.33. The number of benzene rings is 1. The molecule has 0 aliphatic carbocycles. The minimum Gasteiger partial charge on any atom is -0.326 e. The van der Waals surface area contributed by atoms with Gasteiger partial charge in [-0.1, -0.05) is 13.8 Å². The molecule has 0 spiro atoms. The number of nitrogens with one attached hydrogen (secondary N) is 2. The molecule has 5 nitrogen and oxygen atoms in total. The fourth-order valence-corrected chi connectivity index (χ4v) is 1.79. The summed E-state index contributed by atoms with van der Waals surface area (Å²) in [5, 5.41) is 3.27. The normalized spacial score (nSPS) is 10.9. The van der Waals surface area contributed by atoms with Crippen molar-refractivity contribution in [2.24, 2.45) is 5.92 Å². The van der Waals surface area contributed by atoms with E-state index in [0.29, 0.717) is 28.9 Å². The van der Waals surface area contributed by atoms with Gasteiger partial charge in [0.25, 0.3) is 5.56 Å². The van der Waals surface area contributed by atoms with Gasteiger partial charge in [-0.15, -0.1) is 0 Å². The van der Waals surface area contributed by atoms with Gasteiger partial charge in [-0.2, -0.15) is 0 Å². The van der Waals surface area contributed by atoms with Crippen molar-refractivity contribution >= 4 is 22.5 Å². The highest BCUT2D eigenvalue weighted by atomic mass is 16.1. The zero-order valence-electron chi connectivity index (χ0n) is 11.1. The molecule has 19 heavy (non-hydrogen) atoms. The first-order chi connectivity index (χ1) is 9.06. The maximum absolute atomic E-state index is 11.7. The molecule has 0 bridgehead atoms. The van der Waals surface area contributed by atoms with Crippen LogP contribution in [0.15, 0.2) is 29.3 Å². The Labute approximate surface area is 111 Å². The summed E-state index contributed by atoms with van der Waals surface area (Å²) in [6.07, 6.45) is 2.70. The lowest BCUT2D eigenvalue weighted by atomic mass is 10.1. The third-order valence-corrected chi connectivity index (χ3v) is 2.87. The van der Waals surface area contributed by atoms with Crippen LogP contribution in [0.25, 0.3) is 10.9 Å². The standard InChI is InChI=1S/C14H17N3O2/c1-9(2)3-6-13(18)17-10-4-5-12-11(7-10)14(19)16-8-15-12/h4-5,7-9H,3,6H2,1-2H3,(H,17,18)(H,15,16,19). The predicted octanol–water partition coefficient (Wildman–Crippen LogP) is 2.30. The molecule has 0 radical (unpaired) electrons. The highest BCUT2D eigenvalue weighted by molar-refractivity contribution is 5.93. The largest absolute Gasteiger partial charge is 0.326 e. The molecule has 2 N–H and O–H groups in total. The summed E-state index contributed by atoms with van der Waals surface area (Å²) < 4.78 is 0. The van der Waals surface area contributed by atoms with Gasteiger partial charge >= 0.3 is 0 Å². The minimum absolute atomic E-state index is 0.0339. The molecule has 100 valence electrons. The number of carbonyl (C=O) groups excluding carboxylic acids is 1. The number of anilines is 1. The van der Waals surface area contributed by atoms with E-state index in [-0.39, 0.29) is 11.5 Å². The predicted molar refractivity (Wildman–Crippen MR) is 75.1 cm³/mol. The number of carbonyl (C=O) groups is 1. The molecule has 0 aliphatic heterocycles. The van der Waals surface area contributed by atoms with Gasteiger partial charge in [-0.25, -0.2) is 4.98 Å². The van der Waals surface area contributed by atoms with Crippen molar-refractivity contribution in [3.8, 4) is 0 Å². The molecule has 0 saturated heterocycles. The van der Waals surface area contributed by atoms with Crippen molar-refractivity contribution in [1.29, 1.82) is 0 Å². The summed E-state index contributed by atoms with van der Waals surface area (Å²) in [7, 11) is 0. The number of H-pyrrole nitrogens is 1. The third kappa shape index (κ3) is 3.40. The number of aromatic nitrogens is 2. The van der Waals surface area contributed by atoms with Crippen LogP contribution in [0.4, 0.5) is 5.69 Å². The zero-order chi connectivity index (χ0) is 13.8. The Bertz CT molecular complexity index is 646. The van der Waals surface area contributed by atoms with Gasteiger partial charge in [0, 0.05) is 12.1 Å². The van der Waals surface area contributed by atoms with Crippen molar-refractivity contribution in [1.82, 2.24) is 9.97 Å². The number of amides is 1. The Morgan fingerprint density at radius 3 is 2.95 bits per heavy atom. The Balaban J connectivity index is 2.15. The van der Waals surface area contributed by atoms with Gasteiger partial charge in [0.2, 0.25) is 5.91 Å². The molecular formula is C14H17N3O2. The summed E-state index contributed by atoms with van der Waals surface area (Å²) in [6, 6.07) is 5.12. The lowest BCUT2D eigenvalue weighted by Gasteiger charge is -2.07. The molecule has 5 heteroatoms. The molecule has 1 amide bonds. The van der Waals surface area contributed by atoms with E-state index in [0.717, 1.165) is 6.42 Å². The van der Waals surface area contributed by atoms with Crippen LogP contribution in [-0.2, 0) is 4.79 Å². The summed E-state index contributed by atoms with van der Waals surface area (Å²) in [5.41, 5.74) is 1.03. The third-order valence-electron chi connectivity index (χ3n) is 2.87. The van der Waals surface area contributed by atoms with E-state index in [1.165, 1.54) is 6.33 Å². The fraction of sp³-hybridized carbons (Fsp3) is 0.357. The first-order valence-electron chi connectivity index (χ1n) is 6.33. The average Bonchev–Trinajstić information content (AvgIpc) is 2.37. The maximum Gasteiger partial charge on any atom is 0.258 e. The van der Waals surface area contributed by atoms with Crippen molar-refractivity contribution in [2.75, 3.05) is 5.32 Å². The van der Waals surface area contributed by atoms with E-state index in [1.54, 1.807) is 18.2 Å². The quantitative estimate of drug-likeness (QED) is 0.884. The Morgan fingerprint density at radius 2 is 2.21 bits per heavy atom. The SMILES string of the molecule is CC(C)CCC(=O)Nc1ccc2nc[nH]c(=O)c2c1. The second-order valence-electron chi connectivity index (χ2n) is 4.94. The van der Waals surface area contributed by atoms with Crippen LogP contribution in [-0.4, -0.2) is 15.9 Å². The number of rotatable bonds is 4. The fourth-order valence-electron chi connectivity index (χ4n) is 1.79. The minimum atomic E-state index is -0.205. The zero-order valence-corrected chi connectivity index (χ0v) is 11.1. The lowest BCUT2D eigenvalue weighted by Crippen LogP contribution is -2.13. The van der Waals surface area contributed by atoms with Crippen molar-refractivity contribution in [2.45, 2.75) is 26.7 Å². The molecule has 1 heterocycles.